The number of unbranched alkanes of at least 4 members (excludes halogenated alkanes) is 4. The SMILES string of the molecule is CCCCCCCC(Cc1ccccc1)C(CCC)[C+]1N=CC=N1. The van der Waals surface area contributed by atoms with Crippen molar-refractivity contribution in [3.63, 3.8) is 0 Å². The highest BCUT2D eigenvalue weighted by atomic mass is 15.0. The Balaban J connectivity index is 2.01. The molecule has 24 heavy (non-hydrogen) atoms. The average Bonchev–Trinajstić information content (AvgIpc) is 3.14. The van der Waals surface area contributed by atoms with Gasteiger partial charge < -0.3 is 0 Å². The van der Waals surface area contributed by atoms with E-state index in [9.17, 15) is 0 Å². The van der Waals surface area contributed by atoms with E-state index in [0.29, 0.717) is 11.8 Å². The van der Waals surface area contributed by atoms with Crippen molar-refractivity contribution < 1.29 is 0 Å². The largest absolute Gasteiger partial charge is 0.244 e. The van der Waals surface area contributed by atoms with Gasteiger partial charge in [-0.05, 0) is 30.7 Å². The predicted molar refractivity (Wildman–Crippen MR) is 106 cm³/mol. The first-order chi connectivity index (χ1) is 11.8. The maximum absolute atomic E-state index is 4.54. The molecule has 0 saturated heterocycles. The zero-order valence-corrected chi connectivity index (χ0v) is 15.5. The van der Waals surface area contributed by atoms with Crippen molar-refractivity contribution >= 4 is 12.4 Å². The highest BCUT2D eigenvalue weighted by molar-refractivity contribution is 6.18. The second kappa shape index (κ2) is 11.1. The van der Waals surface area contributed by atoms with Gasteiger partial charge in [0.15, 0.2) is 12.4 Å². The Morgan fingerprint density at radius 1 is 0.833 bits per heavy atom. The first-order valence-corrected chi connectivity index (χ1v) is 9.82. The van der Waals surface area contributed by atoms with Crippen molar-refractivity contribution in [2.24, 2.45) is 21.8 Å². The van der Waals surface area contributed by atoms with E-state index < -0.39 is 0 Å². The third kappa shape index (κ3) is 6.14. The molecule has 1 aliphatic heterocycles. The lowest BCUT2D eigenvalue weighted by Crippen LogP contribution is -2.22. The Morgan fingerprint density at radius 3 is 2.21 bits per heavy atom. The molecule has 1 aliphatic rings. The zero-order chi connectivity index (χ0) is 17.0. The van der Waals surface area contributed by atoms with E-state index >= 15 is 0 Å². The topological polar surface area (TPSA) is 24.7 Å². The van der Waals surface area contributed by atoms with Crippen LogP contribution in [0.3, 0.4) is 0 Å². The fourth-order valence-corrected chi connectivity index (χ4v) is 3.70. The van der Waals surface area contributed by atoms with Gasteiger partial charge in [0.1, 0.15) is 0 Å². The second-order valence-corrected chi connectivity index (χ2v) is 6.96. The van der Waals surface area contributed by atoms with Crippen molar-refractivity contribution in [2.75, 3.05) is 0 Å². The van der Waals surface area contributed by atoms with Crippen LogP contribution in [-0.2, 0) is 6.42 Å². The summed E-state index contributed by atoms with van der Waals surface area (Å²) in [5, 5.41) is 0. The molecular formula is C22H33N2+. The number of nitrogens with zero attached hydrogens (tertiary/aromatic N) is 2. The average molecular weight is 326 g/mol. The minimum absolute atomic E-state index is 0.497. The molecule has 2 nitrogen and oxygen atoms in total. The molecule has 130 valence electrons. The lowest BCUT2D eigenvalue weighted by atomic mass is 9.79. The van der Waals surface area contributed by atoms with Gasteiger partial charge in [0.25, 0.3) is 0 Å². The van der Waals surface area contributed by atoms with Crippen molar-refractivity contribution in [3.05, 3.63) is 42.1 Å². The van der Waals surface area contributed by atoms with Crippen molar-refractivity contribution in [2.45, 2.75) is 71.6 Å². The molecule has 1 aromatic carbocycles. The van der Waals surface area contributed by atoms with Gasteiger partial charge in [-0.2, -0.15) is 0 Å². The zero-order valence-electron chi connectivity index (χ0n) is 15.5. The minimum atomic E-state index is 0.497. The molecule has 1 heterocycles. The smallest absolute Gasteiger partial charge is 0.0965 e. The quantitative estimate of drug-likeness (QED) is 0.320. The second-order valence-electron chi connectivity index (χ2n) is 6.96. The molecule has 0 saturated carbocycles. The molecule has 2 heteroatoms. The van der Waals surface area contributed by atoms with Crippen LogP contribution in [0.25, 0.3) is 0 Å². The summed E-state index contributed by atoms with van der Waals surface area (Å²) in [5.74, 6) is 1.15. The Kier molecular flexibility index (Phi) is 8.65. The molecule has 2 atom stereocenters. The van der Waals surface area contributed by atoms with Gasteiger partial charge in [-0.15, -0.1) is 0 Å². The molecule has 0 aliphatic carbocycles. The molecule has 0 radical (unpaired) electrons. The number of rotatable bonds is 12. The third-order valence-electron chi connectivity index (χ3n) is 5.00. The molecule has 0 fully saturated rings. The van der Waals surface area contributed by atoms with Crippen LogP contribution in [0.2, 0.25) is 0 Å². The van der Waals surface area contributed by atoms with Crippen LogP contribution in [0.4, 0.5) is 0 Å². The lowest BCUT2D eigenvalue weighted by Gasteiger charge is -2.25. The van der Waals surface area contributed by atoms with Crippen LogP contribution in [0, 0.1) is 18.0 Å². The van der Waals surface area contributed by atoms with E-state index in [-0.39, 0.29) is 0 Å². The van der Waals surface area contributed by atoms with Crippen LogP contribution in [0.15, 0.2) is 40.3 Å². The van der Waals surface area contributed by atoms with Gasteiger partial charge in [0.05, 0.1) is 5.92 Å². The normalized spacial score (nSPS) is 15.8. The van der Waals surface area contributed by atoms with E-state index in [0.717, 1.165) is 12.6 Å². The fourth-order valence-electron chi connectivity index (χ4n) is 3.70. The third-order valence-corrected chi connectivity index (χ3v) is 5.00. The van der Waals surface area contributed by atoms with Gasteiger partial charge in [-0.1, -0.05) is 92.7 Å². The molecule has 0 spiro atoms. The summed E-state index contributed by atoms with van der Waals surface area (Å²) in [6, 6.07) is 10.9. The molecule has 0 N–H and O–H groups in total. The fraction of sp³-hybridized carbons (Fsp3) is 0.591. The first kappa shape index (κ1) is 18.8. The summed E-state index contributed by atoms with van der Waals surface area (Å²) in [7, 11) is 0. The highest BCUT2D eigenvalue weighted by Crippen LogP contribution is 2.36. The number of hydrogen-bond donors (Lipinski definition) is 0. The molecule has 0 amide bonds. The maximum atomic E-state index is 4.54. The standard InChI is InChI=1S/C22H33N2/c1-3-5-6-7-11-15-20(18-19-13-9-8-10-14-19)21(12-4-2)22-23-16-17-24-22/h8-10,13-14,16-17,20-21H,3-7,11-12,15,18H2,1-2H3/q+1. The van der Waals surface area contributed by atoms with E-state index in [1.807, 2.05) is 12.4 Å². The van der Waals surface area contributed by atoms with E-state index in [1.165, 1.54) is 56.9 Å². The van der Waals surface area contributed by atoms with Crippen LogP contribution < -0.4 is 0 Å². The van der Waals surface area contributed by atoms with Crippen LogP contribution in [0.1, 0.15) is 70.8 Å². The van der Waals surface area contributed by atoms with Crippen molar-refractivity contribution in [1.82, 2.24) is 0 Å². The van der Waals surface area contributed by atoms with Gasteiger partial charge in [0.2, 0.25) is 6.17 Å². The molecular weight excluding hydrogens is 292 g/mol. The molecule has 1 aromatic rings. The van der Waals surface area contributed by atoms with Gasteiger partial charge in [-0.3, -0.25) is 0 Å². The van der Waals surface area contributed by atoms with E-state index in [1.54, 1.807) is 0 Å². The van der Waals surface area contributed by atoms with Gasteiger partial charge >= 0.3 is 0 Å². The van der Waals surface area contributed by atoms with Crippen LogP contribution in [0.5, 0.6) is 0 Å². The molecule has 2 rings (SSSR count). The monoisotopic (exact) mass is 325 g/mol. The first-order valence-electron chi connectivity index (χ1n) is 9.82. The van der Waals surface area contributed by atoms with Crippen molar-refractivity contribution in [1.29, 1.82) is 0 Å². The Labute approximate surface area is 148 Å². The van der Waals surface area contributed by atoms with Gasteiger partial charge in [-0.25, -0.2) is 0 Å². The number of aliphatic imine (C=N–C) groups is 2. The minimum Gasteiger partial charge on any atom is -0.0965 e. The molecule has 2 unspecified atom stereocenters. The summed E-state index contributed by atoms with van der Waals surface area (Å²) in [6.45, 7) is 4.55. The number of hydrogen-bond acceptors (Lipinski definition) is 2. The summed E-state index contributed by atoms with van der Waals surface area (Å²) in [5.41, 5.74) is 1.45. The highest BCUT2D eigenvalue weighted by Gasteiger charge is 2.34. The van der Waals surface area contributed by atoms with Gasteiger partial charge in [0, 0.05) is 0 Å². The Bertz CT molecular complexity index is 480. The number of benzene rings is 1. The van der Waals surface area contributed by atoms with Crippen molar-refractivity contribution in [3.8, 4) is 0 Å². The Hall–Kier alpha value is -1.57. The molecule has 0 aromatic heterocycles. The summed E-state index contributed by atoms with van der Waals surface area (Å²) < 4.78 is 0. The molecule has 0 bridgehead atoms. The maximum Gasteiger partial charge on any atom is 0.244 e. The van der Waals surface area contributed by atoms with Crippen LogP contribution in [-0.4, -0.2) is 12.4 Å². The van der Waals surface area contributed by atoms with Crippen LogP contribution >= 0.6 is 0 Å². The summed E-state index contributed by atoms with van der Waals surface area (Å²) in [6.07, 6.45) is 16.3. The predicted octanol–water partition coefficient (Wildman–Crippen LogP) is 6.27. The Morgan fingerprint density at radius 2 is 1.54 bits per heavy atom. The van der Waals surface area contributed by atoms with E-state index in [4.69, 9.17) is 0 Å². The summed E-state index contributed by atoms with van der Waals surface area (Å²) >= 11 is 0. The lowest BCUT2D eigenvalue weighted by molar-refractivity contribution is 0.290. The summed E-state index contributed by atoms with van der Waals surface area (Å²) in [4.78, 5) is 9.09. The van der Waals surface area contributed by atoms with E-state index in [2.05, 4.69) is 54.2 Å².